The van der Waals surface area contributed by atoms with Gasteiger partial charge < -0.3 is 15.7 Å². The van der Waals surface area contributed by atoms with Gasteiger partial charge in [0.15, 0.2) is 0 Å². The minimum absolute atomic E-state index is 0.0316. The van der Waals surface area contributed by atoms with Gasteiger partial charge in [0.1, 0.15) is 5.01 Å². The van der Waals surface area contributed by atoms with E-state index in [0.717, 1.165) is 11.3 Å². The second kappa shape index (κ2) is 8.43. The summed E-state index contributed by atoms with van der Waals surface area (Å²) in [6.07, 6.45) is -0.636. The molecule has 0 saturated carbocycles. The van der Waals surface area contributed by atoms with Crippen molar-refractivity contribution in [3.8, 4) is 0 Å². The predicted molar refractivity (Wildman–Crippen MR) is 99.8 cm³/mol. The lowest BCUT2D eigenvalue weighted by molar-refractivity contribution is 0.126. The fourth-order valence-electron chi connectivity index (χ4n) is 1.84. The lowest BCUT2D eigenvalue weighted by atomic mass is 10.1. The zero-order valence-corrected chi connectivity index (χ0v) is 16.2. The number of aromatic nitrogens is 2. The van der Waals surface area contributed by atoms with E-state index in [-0.39, 0.29) is 22.5 Å². The fraction of sp³-hybridized carbons (Fsp3) is 0.400. The summed E-state index contributed by atoms with van der Waals surface area (Å²) in [6, 6.07) is 5.20. The van der Waals surface area contributed by atoms with Gasteiger partial charge in [-0.1, -0.05) is 25.2 Å². The third-order valence-corrected chi connectivity index (χ3v) is 5.65. The third kappa shape index (κ3) is 5.64. The molecule has 2 aromatic rings. The van der Waals surface area contributed by atoms with Crippen LogP contribution in [0.1, 0.15) is 18.9 Å². The van der Waals surface area contributed by atoms with Gasteiger partial charge in [0.05, 0.1) is 11.0 Å². The number of rotatable bonds is 7. The predicted octanol–water partition coefficient (Wildman–Crippen LogP) is 1.79. The molecule has 1 heterocycles. The standard InChI is InChI=1S/C15H21N5O4S2/c1-9(2)13(21)8-16-14(22)17-11-4-6-12(7-5-11)26(23,24)20-15-19-18-10(3)25-15/h4-7,9,13,21H,8H2,1-3H3,(H,19,20)(H2,16,17,22). The number of hydrogen-bond donors (Lipinski definition) is 4. The molecular formula is C15H21N5O4S2. The minimum Gasteiger partial charge on any atom is -0.391 e. The Hall–Kier alpha value is -2.24. The molecule has 0 bridgehead atoms. The highest BCUT2D eigenvalue weighted by Gasteiger charge is 2.17. The van der Waals surface area contributed by atoms with Crippen molar-refractivity contribution in [2.45, 2.75) is 31.8 Å². The molecule has 0 aliphatic carbocycles. The zero-order chi connectivity index (χ0) is 19.3. The van der Waals surface area contributed by atoms with E-state index in [1.807, 2.05) is 13.8 Å². The highest BCUT2D eigenvalue weighted by Crippen LogP contribution is 2.20. The first-order chi connectivity index (χ1) is 12.2. The molecule has 1 unspecified atom stereocenters. The molecule has 26 heavy (non-hydrogen) atoms. The number of hydrogen-bond acceptors (Lipinski definition) is 7. The molecule has 0 spiro atoms. The van der Waals surface area contributed by atoms with Crippen LogP contribution in [0.2, 0.25) is 0 Å². The molecule has 9 nitrogen and oxygen atoms in total. The maximum atomic E-state index is 12.3. The summed E-state index contributed by atoms with van der Waals surface area (Å²) in [5, 5.41) is 23.1. The van der Waals surface area contributed by atoms with Crippen LogP contribution in [-0.4, -0.2) is 42.4 Å². The molecule has 11 heteroatoms. The van der Waals surface area contributed by atoms with E-state index >= 15 is 0 Å². The van der Waals surface area contributed by atoms with Crippen LogP contribution >= 0.6 is 11.3 Å². The first-order valence-electron chi connectivity index (χ1n) is 7.83. The molecule has 1 aromatic carbocycles. The maximum absolute atomic E-state index is 12.3. The average Bonchev–Trinajstić information content (AvgIpc) is 2.97. The largest absolute Gasteiger partial charge is 0.391 e. The fourth-order valence-corrected chi connectivity index (χ4v) is 3.66. The maximum Gasteiger partial charge on any atom is 0.319 e. The number of aliphatic hydroxyl groups excluding tert-OH is 1. The Balaban J connectivity index is 1.96. The SMILES string of the molecule is Cc1nnc(NS(=O)(=O)c2ccc(NC(=O)NCC(O)C(C)C)cc2)s1. The molecule has 4 N–H and O–H groups in total. The van der Waals surface area contributed by atoms with E-state index < -0.39 is 22.2 Å². The van der Waals surface area contributed by atoms with Crippen molar-refractivity contribution in [1.82, 2.24) is 15.5 Å². The highest BCUT2D eigenvalue weighted by atomic mass is 32.2. The Morgan fingerprint density at radius 3 is 2.42 bits per heavy atom. The number of urea groups is 1. The zero-order valence-electron chi connectivity index (χ0n) is 14.6. The number of nitrogens with zero attached hydrogens (tertiary/aromatic N) is 2. The molecule has 0 radical (unpaired) electrons. The summed E-state index contributed by atoms with van der Waals surface area (Å²) in [4.78, 5) is 11.8. The van der Waals surface area contributed by atoms with E-state index in [9.17, 15) is 18.3 Å². The Kier molecular flexibility index (Phi) is 6.51. The van der Waals surface area contributed by atoms with E-state index in [0.29, 0.717) is 10.7 Å². The van der Waals surface area contributed by atoms with Crippen molar-refractivity contribution >= 4 is 38.2 Å². The monoisotopic (exact) mass is 399 g/mol. The molecule has 2 amide bonds. The Labute approximate surface area is 155 Å². The van der Waals surface area contributed by atoms with Gasteiger partial charge in [-0.2, -0.15) is 0 Å². The van der Waals surface area contributed by atoms with Gasteiger partial charge in [0.25, 0.3) is 10.0 Å². The summed E-state index contributed by atoms with van der Waals surface area (Å²) in [7, 11) is -3.78. The van der Waals surface area contributed by atoms with Gasteiger partial charge in [-0.05, 0) is 37.1 Å². The Morgan fingerprint density at radius 2 is 1.88 bits per heavy atom. The second-order valence-corrected chi connectivity index (χ2v) is 8.77. The number of nitrogens with one attached hydrogen (secondary N) is 3. The van der Waals surface area contributed by atoms with Gasteiger partial charge in [-0.25, -0.2) is 13.2 Å². The quantitative estimate of drug-likeness (QED) is 0.561. The summed E-state index contributed by atoms with van der Waals surface area (Å²) in [5.41, 5.74) is 0.423. The van der Waals surface area contributed by atoms with Gasteiger partial charge in [-0.15, -0.1) is 10.2 Å². The van der Waals surface area contributed by atoms with Crippen molar-refractivity contribution in [2.24, 2.45) is 5.92 Å². The number of aliphatic hydroxyl groups is 1. The van der Waals surface area contributed by atoms with Crippen LogP contribution in [-0.2, 0) is 10.0 Å². The van der Waals surface area contributed by atoms with Crippen molar-refractivity contribution in [3.05, 3.63) is 29.3 Å². The molecular weight excluding hydrogens is 378 g/mol. The van der Waals surface area contributed by atoms with E-state index in [4.69, 9.17) is 0 Å². The number of benzene rings is 1. The normalized spacial score (nSPS) is 12.7. The van der Waals surface area contributed by atoms with Crippen LogP contribution in [0.5, 0.6) is 0 Å². The first-order valence-corrected chi connectivity index (χ1v) is 10.1. The lowest BCUT2D eigenvalue weighted by Gasteiger charge is -2.15. The number of carbonyl (C=O) groups excluding carboxylic acids is 1. The summed E-state index contributed by atoms with van der Waals surface area (Å²) >= 11 is 1.13. The Bertz CT molecular complexity index is 849. The molecule has 142 valence electrons. The van der Waals surface area contributed by atoms with E-state index in [1.54, 1.807) is 6.92 Å². The van der Waals surface area contributed by atoms with Crippen LogP contribution in [0, 0.1) is 12.8 Å². The Morgan fingerprint density at radius 1 is 1.23 bits per heavy atom. The molecule has 0 saturated heterocycles. The third-order valence-electron chi connectivity index (χ3n) is 3.41. The molecule has 2 rings (SSSR count). The van der Waals surface area contributed by atoms with Crippen molar-refractivity contribution < 1.29 is 18.3 Å². The van der Waals surface area contributed by atoms with Crippen LogP contribution in [0.3, 0.4) is 0 Å². The minimum atomic E-state index is -3.78. The van der Waals surface area contributed by atoms with Crippen molar-refractivity contribution in [1.29, 1.82) is 0 Å². The van der Waals surface area contributed by atoms with Crippen LogP contribution < -0.4 is 15.4 Å². The first kappa shape index (κ1) is 20.1. The number of sulfonamides is 1. The molecule has 0 aliphatic heterocycles. The van der Waals surface area contributed by atoms with Gasteiger partial charge in [0.2, 0.25) is 5.13 Å². The molecule has 0 fully saturated rings. The number of anilines is 2. The van der Waals surface area contributed by atoms with Crippen molar-refractivity contribution in [3.63, 3.8) is 0 Å². The number of amides is 2. The van der Waals surface area contributed by atoms with Crippen LogP contribution in [0.15, 0.2) is 29.2 Å². The molecule has 0 aliphatic rings. The van der Waals surface area contributed by atoms with Gasteiger partial charge >= 0.3 is 6.03 Å². The highest BCUT2D eigenvalue weighted by molar-refractivity contribution is 7.93. The van der Waals surface area contributed by atoms with E-state index in [1.165, 1.54) is 24.3 Å². The number of aryl methyl sites for hydroxylation is 1. The number of carbonyl (C=O) groups is 1. The topological polar surface area (TPSA) is 133 Å². The lowest BCUT2D eigenvalue weighted by Crippen LogP contribution is -2.37. The van der Waals surface area contributed by atoms with Gasteiger partial charge in [0, 0.05) is 12.2 Å². The summed E-state index contributed by atoms with van der Waals surface area (Å²) < 4.78 is 26.9. The molecule has 1 atom stereocenters. The summed E-state index contributed by atoms with van der Waals surface area (Å²) in [5.74, 6) is 0.0316. The van der Waals surface area contributed by atoms with Crippen LogP contribution in [0.4, 0.5) is 15.6 Å². The average molecular weight is 399 g/mol. The van der Waals surface area contributed by atoms with Crippen LogP contribution in [0.25, 0.3) is 0 Å². The van der Waals surface area contributed by atoms with E-state index in [2.05, 4.69) is 25.6 Å². The smallest absolute Gasteiger partial charge is 0.319 e. The second-order valence-electron chi connectivity index (χ2n) is 5.90. The van der Waals surface area contributed by atoms with Crippen molar-refractivity contribution in [2.75, 3.05) is 16.6 Å². The summed E-state index contributed by atoms with van der Waals surface area (Å²) in [6.45, 7) is 5.55. The van der Waals surface area contributed by atoms with Gasteiger partial charge in [-0.3, -0.25) is 4.72 Å². The molecule has 1 aromatic heterocycles.